The van der Waals surface area contributed by atoms with Gasteiger partial charge in [0.2, 0.25) is 5.13 Å². The lowest BCUT2D eigenvalue weighted by atomic mass is 10.1. The number of anilines is 1. The molecule has 1 aliphatic rings. The Morgan fingerprint density at radius 2 is 2.24 bits per heavy atom. The zero-order chi connectivity index (χ0) is 12.4. The average Bonchev–Trinajstić information content (AvgIpc) is 2.86. The number of nitrogens with zero attached hydrogens (tertiary/aromatic N) is 4. The smallest absolute Gasteiger partial charge is 0.208 e. The molecule has 2 heterocycles. The van der Waals surface area contributed by atoms with Crippen LogP contribution in [0.1, 0.15) is 25.3 Å². The number of aryl methyl sites for hydroxylation is 1. The lowest BCUT2D eigenvalue weighted by Gasteiger charge is -2.22. The van der Waals surface area contributed by atoms with Crippen LogP contribution in [0, 0.1) is 12.8 Å². The van der Waals surface area contributed by atoms with Gasteiger partial charge < -0.3 is 9.80 Å². The SMILES string of the molecule is Cc1nnc(N(C)C[C@H]2CCN(C(C)C)C2)s1. The molecule has 1 atom stereocenters. The minimum Gasteiger partial charge on any atom is -0.349 e. The van der Waals surface area contributed by atoms with Crippen molar-refractivity contribution in [2.24, 2.45) is 5.92 Å². The second-order valence-electron chi connectivity index (χ2n) is 5.23. The third-order valence-electron chi connectivity index (χ3n) is 3.42. The summed E-state index contributed by atoms with van der Waals surface area (Å²) in [5, 5.41) is 10.4. The molecule has 4 nitrogen and oxygen atoms in total. The number of likely N-dealkylation sites (tertiary alicyclic amines) is 1. The Balaban J connectivity index is 1.86. The fourth-order valence-corrected chi connectivity index (χ4v) is 3.04. The highest BCUT2D eigenvalue weighted by atomic mass is 32.1. The predicted octanol–water partition coefficient (Wildman–Crippen LogP) is 2.01. The van der Waals surface area contributed by atoms with Crippen molar-refractivity contribution in [1.29, 1.82) is 0 Å². The summed E-state index contributed by atoms with van der Waals surface area (Å²) in [4.78, 5) is 4.81. The standard InChI is InChI=1S/C12H22N4S/c1-9(2)16-6-5-11(8-16)7-15(4)12-14-13-10(3)17-12/h9,11H,5-8H2,1-4H3/t11-/m1/s1. The molecule has 0 radical (unpaired) electrons. The largest absolute Gasteiger partial charge is 0.349 e. The van der Waals surface area contributed by atoms with Gasteiger partial charge in [-0.25, -0.2) is 0 Å². The van der Waals surface area contributed by atoms with Crippen molar-refractivity contribution in [2.45, 2.75) is 33.2 Å². The van der Waals surface area contributed by atoms with E-state index in [-0.39, 0.29) is 0 Å². The van der Waals surface area contributed by atoms with Crippen molar-refractivity contribution >= 4 is 16.5 Å². The molecule has 5 heteroatoms. The third-order valence-corrected chi connectivity index (χ3v) is 4.37. The number of aromatic nitrogens is 2. The highest BCUT2D eigenvalue weighted by molar-refractivity contribution is 7.15. The zero-order valence-electron chi connectivity index (χ0n) is 11.2. The quantitative estimate of drug-likeness (QED) is 0.823. The maximum Gasteiger partial charge on any atom is 0.208 e. The minimum absolute atomic E-state index is 0.675. The first-order chi connectivity index (χ1) is 8.06. The molecule has 0 aromatic carbocycles. The van der Waals surface area contributed by atoms with Crippen LogP contribution in [0.2, 0.25) is 0 Å². The van der Waals surface area contributed by atoms with Gasteiger partial charge in [-0.15, -0.1) is 10.2 Å². The van der Waals surface area contributed by atoms with Crippen molar-refractivity contribution < 1.29 is 0 Å². The number of hydrogen-bond donors (Lipinski definition) is 0. The van der Waals surface area contributed by atoms with E-state index in [1.807, 2.05) is 6.92 Å². The summed E-state index contributed by atoms with van der Waals surface area (Å²) in [7, 11) is 2.12. The second kappa shape index (κ2) is 5.31. The van der Waals surface area contributed by atoms with Gasteiger partial charge in [0, 0.05) is 26.2 Å². The van der Waals surface area contributed by atoms with Crippen LogP contribution in [0.25, 0.3) is 0 Å². The summed E-state index contributed by atoms with van der Waals surface area (Å²) < 4.78 is 0. The first-order valence-corrected chi connectivity index (χ1v) is 7.13. The third kappa shape index (κ3) is 3.16. The van der Waals surface area contributed by atoms with Crippen molar-refractivity contribution in [3.8, 4) is 0 Å². The van der Waals surface area contributed by atoms with Gasteiger partial charge in [0.15, 0.2) is 0 Å². The fraction of sp³-hybridized carbons (Fsp3) is 0.833. The van der Waals surface area contributed by atoms with Gasteiger partial charge in [-0.2, -0.15) is 0 Å². The Kier molecular flexibility index (Phi) is 3.99. The summed E-state index contributed by atoms with van der Waals surface area (Å²) in [5.41, 5.74) is 0. The molecule has 1 aliphatic heterocycles. The van der Waals surface area contributed by atoms with E-state index in [4.69, 9.17) is 0 Å². The Hall–Kier alpha value is -0.680. The second-order valence-corrected chi connectivity index (χ2v) is 6.39. The molecule has 1 aromatic heterocycles. The minimum atomic E-state index is 0.675. The zero-order valence-corrected chi connectivity index (χ0v) is 12.0. The van der Waals surface area contributed by atoms with E-state index in [2.05, 4.69) is 40.9 Å². The maximum absolute atomic E-state index is 4.19. The predicted molar refractivity (Wildman–Crippen MR) is 72.7 cm³/mol. The monoisotopic (exact) mass is 254 g/mol. The number of hydrogen-bond acceptors (Lipinski definition) is 5. The molecular weight excluding hydrogens is 232 g/mol. The molecule has 0 amide bonds. The van der Waals surface area contributed by atoms with E-state index in [0.717, 1.165) is 22.6 Å². The van der Waals surface area contributed by atoms with Crippen LogP contribution >= 0.6 is 11.3 Å². The van der Waals surface area contributed by atoms with Crippen molar-refractivity contribution in [3.05, 3.63) is 5.01 Å². The van der Waals surface area contributed by atoms with E-state index in [1.165, 1.54) is 19.5 Å². The lowest BCUT2D eigenvalue weighted by molar-refractivity contribution is 0.265. The molecule has 0 unspecified atom stereocenters. The fourth-order valence-electron chi connectivity index (χ4n) is 2.39. The normalized spacial score (nSPS) is 21.4. The van der Waals surface area contributed by atoms with Crippen LogP contribution < -0.4 is 4.90 Å². The van der Waals surface area contributed by atoms with E-state index in [0.29, 0.717) is 6.04 Å². The van der Waals surface area contributed by atoms with Gasteiger partial charge in [-0.3, -0.25) is 0 Å². The van der Waals surface area contributed by atoms with Gasteiger partial charge in [0.1, 0.15) is 5.01 Å². The van der Waals surface area contributed by atoms with E-state index >= 15 is 0 Å². The molecule has 17 heavy (non-hydrogen) atoms. The summed E-state index contributed by atoms with van der Waals surface area (Å²) in [5.74, 6) is 0.770. The van der Waals surface area contributed by atoms with Gasteiger partial charge in [0.05, 0.1) is 0 Å². The van der Waals surface area contributed by atoms with Gasteiger partial charge in [-0.05, 0) is 39.7 Å². The first kappa shape index (κ1) is 12.8. The molecule has 1 aromatic rings. The summed E-state index contributed by atoms with van der Waals surface area (Å²) in [6.45, 7) is 10.1. The molecule has 2 rings (SSSR count). The summed E-state index contributed by atoms with van der Waals surface area (Å²) >= 11 is 1.68. The molecule has 0 saturated carbocycles. The van der Waals surface area contributed by atoms with Crippen LogP contribution in [0.5, 0.6) is 0 Å². The maximum atomic E-state index is 4.19. The van der Waals surface area contributed by atoms with E-state index < -0.39 is 0 Å². The van der Waals surface area contributed by atoms with Crippen LogP contribution in [0.4, 0.5) is 5.13 Å². The Morgan fingerprint density at radius 1 is 1.47 bits per heavy atom. The van der Waals surface area contributed by atoms with Crippen molar-refractivity contribution in [2.75, 3.05) is 31.6 Å². The van der Waals surface area contributed by atoms with Crippen molar-refractivity contribution in [1.82, 2.24) is 15.1 Å². The molecular formula is C12H22N4S. The Bertz CT molecular complexity index is 363. The highest BCUT2D eigenvalue weighted by Gasteiger charge is 2.25. The Morgan fingerprint density at radius 3 is 2.76 bits per heavy atom. The lowest BCUT2D eigenvalue weighted by Crippen LogP contribution is -2.31. The molecule has 0 aliphatic carbocycles. The molecule has 0 bridgehead atoms. The molecule has 0 N–H and O–H groups in total. The molecule has 1 saturated heterocycles. The molecule has 1 fully saturated rings. The van der Waals surface area contributed by atoms with Crippen LogP contribution in [0.3, 0.4) is 0 Å². The first-order valence-electron chi connectivity index (χ1n) is 6.31. The summed E-state index contributed by atoms with van der Waals surface area (Å²) in [6.07, 6.45) is 1.31. The van der Waals surface area contributed by atoms with Gasteiger partial charge in [0.25, 0.3) is 0 Å². The highest BCUT2D eigenvalue weighted by Crippen LogP contribution is 2.23. The molecule has 96 valence electrons. The number of rotatable bonds is 4. The van der Waals surface area contributed by atoms with E-state index in [1.54, 1.807) is 11.3 Å². The van der Waals surface area contributed by atoms with Crippen LogP contribution in [-0.2, 0) is 0 Å². The molecule has 0 spiro atoms. The van der Waals surface area contributed by atoms with E-state index in [9.17, 15) is 0 Å². The topological polar surface area (TPSA) is 32.3 Å². The van der Waals surface area contributed by atoms with Gasteiger partial charge in [-0.1, -0.05) is 11.3 Å². The van der Waals surface area contributed by atoms with Crippen molar-refractivity contribution in [3.63, 3.8) is 0 Å². The van der Waals surface area contributed by atoms with Crippen LogP contribution in [-0.4, -0.2) is 47.8 Å². The average molecular weight is 254 g/mol. The van der Waals surface area contributed by atoms with Crippen LogP contribution in [0.15, 0.2) is 0 Å². The Labute approximate surface area is 108 Å². The van der Waals surface area contributed by atoms with Gasteiger partial charge >= 0.3 is 0 Å². The summed E-state index contributed by atoms with van der Waals surface area (Å²) in [6, 6.07) is 0.675.